The van der Waals surface area contributed by atoms with E-state index in [9.17, 15) is 18.3 Å². The van der Waals surface area contributed by atoms with E-state index in [1.165, 1.54) is 10.7 Å². The number of aliphatic hydroxyl groups is 1. The highest BCUT2D eigenvalue weighted by molar-refractivity contribution is 7.89. The summed E-state index contributed by atoms with van der Waals surface area (Å²) in [6.07, 6.45) is 4.72. The van der Waals surface area contributed by atoms with Crippen molar-refractivity contribution < 1.29 is 27.8 Å². The molecule has 9 heteroatoms. The Hall–Kier alpha value is -2.62. The molecule has 208 valence electrons. The number of nitrogens with zero attached hydrogens (tertiary/aromatic N) is 2. The standard InChI is InChI=1S/C29H40N2O6S/c1-20-17-31(21(2)19-32)38(34,35)28-14-13-24(23-11-8-12-25(15-23)36-4)16-26(28)37-27(20)18-30(3)29(33)22-9-6-5-7-10-22/h8,11-16,20-22,27,32H,5-7,9-10,17-19H2,1-4H3/t20-,21-,27+/m0/s1. The maximum atomic E-state index is 13.8. The van der Waals surface area contributed by atoms with E-state index in [0.29, 0.717) is 12.3 Å². The van der Waals surface area contributed by atoms with E-state index in [0.717, 1.165) is 36.8 Å². The molecule has 1 saturated carbocycles. The van der Waals surface area contributed by atoms with Gasteiger partial charge in [-0.25, -0.2) is 8.42 Å². The summed E-state index contributed by atoms with van der Waals surface area (Å²) >= 11 is 0. The number of likely N-dealkylation sites (N-methyl/N-ethyl adjacent to an activating group) is 1. The van der Waals surface area contributed by atoms with Gasteiger partial charge in [-0.05, 0) is 55.2 Å². The largest absolute Gasteiger partial charge is 0.497 e. The number of amides is 1. The van der Waals surface area contributed by atoms with Crippen LogP contribution in [0.1, 0.15) is 46.0 Å². The topological polar surface area (TPSA) is 96.4 Å². The van der Waals surface area contributed by atoms with Gasteiger partial charge >= 0.3 is 0 Å². The molecular formula is C29H40N2O6S. The number of hydrogen-bond donors (Lipinski definition) is 1. The fourth-order valence-electron chi connectivity index (χ4n) is 5.45. The van der Waals surface area contributed by atoms with Gasteiger partial charge in [0, 0.05) is 31.5 Å². The molecule has 1 aliphatic heterocycles. The second kappa shape index (κ2) is 12.1. The third kappa shape index (κ3) is 6.00. The van der Waals surface area contributed by atoms with Crippen LogP contribution in [-0.4, -0.2) is 74.6 Å². The van der Waals surface area contributed by atoms with E-state index in [4.69, 9.17) is 9.47 Å². The third-order valence-corrected chi connectivity index (χ3v) is 9.87. The smallest absolute Gasteiger partial charge is 0.247 e. The zero-order chi connectivity index (χ0) is 27.4. The molecule has 3 atom stereocenters. The van der Waals surface area contributed by atoms with Crippen molar-refractivity contribution in [1.29, 1.82) is 0 Å². The molecule has 0 aromatic heterocycles. The van der Waals surface area contributed by atoms with Gasteiger partial charge in [0.05, 0.1) is 20.3 Å². The molecule has 8 nitrogen and oxygen atoms in total. The first-order valence-corrected chi connectivity index (χ1v) is 14.9. The van der Waals surface area contributed by atoms with Gasteiger partial charge in [0.2, 0.25) is 15.9 Å². The lowest BCUT2D eigenvalue weighted by Crippen LogP contribution is -2.50. The molecule has 2 aliphatic rings. The van der Waals surface area contributed by atoms with Crippen LogP contribution in [-0.2, 0) is 14.8 Å². The Bertz CT molecular complexity index is 1230. The summed E-state index contributed by atoms with van der Waals surface area (Å²) in [7, 11) is -0.531. The van der Waals surface area contributed by atoms with Crippen LogP contribution in [0.2, 0.25) is 0 Å². The SMILES string of the molecule is COc1cccc(-c2ccc3c(c2)O[C@H](CN(C)C(=O)C2CCCCC2)[C@@H](C)CN([C@@H](C)CO)S3(=O)=O)c1. The number of methoxy groups -OCH3 is 1. The van der Waals surface area contributed by atoms with Crippen LogP contribution >= 0.6 is 0 Å². The summed E-state index contributed by atoms with van der Waals surface area (Å²) < 4.78 is 40.7. The first kappa shape index (κ1) is 28.4. The number of ether oxygens (including phenoxy) is 2. The molecule has 1 amide bonds. The molecule has 0 bridgehead atoms. The molecule has 0 radical (unpaired) electrons. The lowest BCUT2D eigenvalue weighted by atomic mass is 9.88. The first-order valence-electron chi connectivity index (χ1n) is 13.5. The normalized spacial score (nSPS) is 22.9. The molecule has 4 rings (SSSR count). The number of fused-ring (bicyclic) bond motifs is 1. The van der Waals surface area contributed by atoms with Crippen molar-refractivity contribution in [3.63, 3.8) is 0 Å². The zero-order valence-corrected chi connectivity index (χ0v) is 23.6. The Labute approximate surface area is 226 Å². The molecule has 0 unspecified atom stereocenters. The molecular weight excluding hydrogens is 504 g/mol. The number of carbonyl (C=O) groups is 1. The van der Waals surface area contributed by atoms with E-state index >= 15 is 0 Å². The summed E-state index contributed by atoms with van der Waals surface area (Å²) in [4.78, 5) is 15.0. The van der Waals surface area contributed by atoms with Crippen LogP contribution < -0.4 is 9.47 Å². The Morgan fingerprint density at radius 1 is 1.16 bits per heavy atom. The first-order chi connectivity index (χ1) is 18.1. The fourth-order valence-corrected chi connectivity index (χ4v) is 7.27. The number of sulfonamides is 1. The van der Waals surface area contributed by atoms with Gasteiger partial charge in [0.1, 0.15) is 22.5 Å². The third-order valence-electron chi connectivity index (χ3n) is 7.85. The predicted molar refractivity (Wildman–Crippen MR) is 147 cm³/mol. The Morgan fingerprint density at radius 3 is 2.55 bits per heavy atom. The van der Waals surface area contributed by atoms with Gasteiger partial charge in [0.25, 0.3) is 0 Å². The highest BCUT2D eigenvalue weighted by atomic mass is 32.2. The second-order valence-corrected chi connectivity index (χ2v) is 12.5. The average molecular weight is 545 g/mol. The number of rotatable bonds is 7. The lowest BCUT2D eigenvalue weighted by molar-refractivity contribution is -0.136. The molecule has 38 heavy (non-hydrogen) atoms. The molecule has 2 aromatic carbocycles. The van der Waals surface area contributed by atoms with Gasteiger partial charge in [0.15, 0.2) is 0 Å². The summed E-state index contributed by atoms with van der Waals surface area (Å²) in [6.45, 7) is 3.87. The van der Waals surface area contributed by atoms with Crippen molar-refractivity contribution in [2.45, 2.75) is 63.0 Å². The number of benzene rings is 2. The van der Waals surface area contributed by atoms with Gasteiger partial charge < -0.3 is 19.5 Å². The van der Waals surface area contributed by atoms with Crippen LogP contribution in [0.4, 0.5) is 0 Å². The number of hydrogen-bond acceptors (Lipinski definition) is 6. The monoisotopic (exact) mass is 544 g/mol. The minimum absolute atomic E-state index is 0.0378. The molecule has 2 aromatic rings. The van der Waals surface area contributed by atoms with Crippen molar-refractivity contribution in [3.8, 4) is 22.6 Å². The Balaban J connectivity index is 1.72. The maximum Gasteiger partial charge on any atom is 0.247 e. The van der Waals surface area contributed by atoms with E-state index in [2.05, 4.69) is 0 Å². The van der Waals surface area contributed by atoms with Gasteiger partial charge in [-0.1, -0.05) is 44.4 Å². The predicted octanol–water partition coefficient (Wildman–Crippen LogP) is 4.17. The Kier molecular flexibility index (Phi) is 9.00. The average Bonchev–Trinajstić information content (AvgIpc) is 2.94. The van der Waals surface area contributed by atoms with Crippen LogP contribution in [0.5, 0.6) is 11.5 Å². The van der Waals surface area contributed by atoms with Gasteiger partial charge in [-0.2, -0.15) is 4.31 Å². The van der Waals surface area contributed by atoms with Crippen LogP contribution in [0.25, 0.3) is 11.1 Å². The molecule has 0 spiro atoms. The van der Waals surface area contributed by atoms with Crippen LogP contribution in [0, 0.1) is 11.8 Å². The minimum atomic E-state index is -3.94. The summed E-state index contributed by atoms with van der Waals surface area (Å²) in [5.41, 5.74) is 1.66. The zero-order valence-electron chi connectivity index (χ0n) is 22.8. The fraction of sp³-hybridized carbons (Fsp3) is 0.552. The van der Waals surface area contributed by atoms with Crippen molar-refractivity contribution in [1.82, 2.24) is 9.21 Å². The lowest BCUT2D eigenvalue weighted by Gasteiger charge is -2.38. The van der Waals surface area contributed by atoms with E-state index in [-0.39, 0.29) is 41.5 Å². The van der Waals surface area contributed by atoms with Crippen molar-refractivity contribution in [3.05, 3.63) is 42.5 Å². The molecule has 1 aliphatic carbocycles. The number of carbonyl (C=O) groups excluding carboxylic acids is 1. The van der Waals surface area contributed by atoms with E-state index < -0.39 is 22.2 Å². The summed E-state index contributed by atoms with van der Waals surface area (Å²) in [5, 5.41) is 9.88. The highest BCUT2D eigenvalue weighted by Crippen LogP contribution is 2.37. The van der Waals surface area contributed by atoms with Gasteiger partial charge in [-0.3, -0.25) is 4.79 Å². The molecule has 1 heterocycles. The minimum Gasteiger partial charge on any atom is -0.497 e. The summed E-state index contributed by atoms with van der Waals surface area (Å²) in [6, 6.07) is 12.0. The molecule has 0 saturated heterocycles. The quantitative estimate of drug-likeness (QED) is 0.562. The van der Waals surface area contributed by atoms with Crippen LogP contribution in [0.15, 0.2) is 47.4 Å². The van der Waals surface area contributed by atoms with Gasteiger partial charge in [-0.15, -0.1) is 0 Å². The highest BCUT2D eigenvalue weighted by Gasteiger charge is 2.39. The number of aliphatic hydroxyl groups excluding tert-OH is 1. The van der Waals surface area contributed by atoms with Crippen molar-refractivity contribution >= 4 is 15.9 Å². The van der Waals surface area contributed by atoms with Crippen LogP contribution in [0.3, 0.4) is 0 Å². The second-order valence-electron chi connectivity index (χ2n) is 10.7. The summed E-state index contributed by atoms with van der Waals surface area (Å²) in [5.74, 6) is 0.876. The van der Waals surface area contributed by atoms with E-state index in [1.54, 1.807) is 37.1 Å². The van der Waals surface area contributed by atoms with E-state index in [1.807, 2.05) is 38.2 Å². The Morgan fingerprint density at radius 2 is 1.87 bits per heavy atom. The molecule has 1 N–H and O–H groups in total. The maximum absolute atomic E-state index is 13.8. The van der Waals surface area contributed by atoms with Crippen molar-refractivity contribution in [2.24, 2.45) is 11.8 Å². The van der Waals surface area contributed by atoms with Crippen molar-refractivity contribution in [2.75, 3.05) is 33.9 Å². The molecule has 1 fully saturated rings.